The molecular formula is C9H19N3O. The number of nitrogens with two attached hydrogens (primary N) is 1. The first-order chi connectivity index (χ1) is 6.06. The van der Waals surface area contributed by atoms with Gasteiger partial charge < -0.3 is 15.8 Å². The molecule has 76 valence electrons. The number of oxime groups is 1. The van der Waals surface area contributed by atoms with Crippen LogP contribution in [0.25, 0.3) is 0 Å². The lowest BCUT2D eigenvalue weighted by atomic mass is 9.89. The van der Waals surface area contributed by atoms with E-state index in [9.17, 15) is 0 Å². The van der Waals surface area contributed by atoms with Crippen molar-refractivity contribution in [1.29, 1.82) is 0 Å². The van der Waals surface area contributed by atoms with Crippen molar-refractivity contribution < 1.29 is 5.21 Å². The molecule has 1 fully saturated rings. The highest BCUT2D eigenvalue weighted by atomic mass is 16.4. The van der Waals surface area contributed by atoms with E-state index in [1.165, 1.54) is 0 Å². The van der Waals surface area contributed by atoms with E-state index in [0.717, 1.165) is 6.54 Å². The van der Waals surface area contributed by atoms with Crippen molar-refractivity contribution in [3.05, 3.63) is 0 Å². The van der Waals surface area contributed by atoms with Crippen LogP contribution < -0.4 is 5.73 Å². The summed E-state index contributed by atoms with van der Waals surface area (Å²) in [5.41, 5.74) is 5.50. The summed E-state index contributed by atoms with van der Waals surface area (Å²) < 4.78 is 0. The second-order valence-electron chi connectivity index (χ2n) is 4.12. The maximum absolute atomic E-state index is 8.48. The molecule has 3 unspecified atom stereocenters. The fourth-order valence-electron chi connectivity index (χ4n) is 2.21. The predicted octanol–water partition coefficient (Wildman–Crippen LogP) is 0.709. The minimum Gasteiger partial charge on any atom is -0.409 e. The highest BCUT2D eigenvalue weighted by molar-refractivity contribution is 5.79. The minimum absolute atomic E-state index is 0.346. The van der Waals surface area contributed by atoms with Crippen LogP contribution in [0, 0.1) is 11.8 Å². The van der Waals surface area contributed by atoms with Gasteiger partial charge in [0.05, 0.1) is 0 Å². The van der Waals surface area contributed by atoms with Crippen molar-refractivity contribution >= 4 is 5.84 Å². The van der Waals surface area contributed by atoms with E-state index in [0.29, 0.717) is 30.1 Å². The predicted molar refractivity (Wildman–Crippen MR) is 52.8 cm³/mol. The standard InChI is InChI=1S/C9H19N3O/c1-6-5-12(3)7(2)8(6)4-9(10)11-13/h6-8,13H,4-5H2,1-3H3,(H2,10,11). The van der Waals surface area contributed by atoms with Gasteiger partial charge in [-0.2, -0.15) is 0 Å². The zero-order chi connectivity index (χ0) is 10.0. The summed E-state index contributed by atoms with van der Waals surface area (Å²) in [4.78, 5) is 2.32. The first-order valence-corrected chi connectivity index (χ1v) is 4.73. The van der Waals surface area contributed by atoms with Crippen LogP contribution in [0.1, 0.15) is 20.3 Å². The quantitative estimate of drug-likeness (QED) is 0.288. The number of nitrogens with zero attached hydrogens (tertiary/aromatic N) is 2. The molecular weight excluding hydrogens is 166 g/mol. The van der Waals surface area contributed by atoms with Gasteiger partial charge in [0.15, 0.2) is 0 Å². The molecule has 3 N–H and O–H groups in total. The van der Waals surface area contributed by atoms with Gasteiger partial charge in [0.1, 0.15) is 5.84 Å². The molecule has 1 aliphatic rings. The molecule has 0 bridgehead atoms. The normalized spacial score (nSPS) is 36.8. The van der Waals surface area contributed by atoms with E-state index < -0.39 is 0 Å². The van der Waals surface area contributed by atoms with Gasteiger partial charge in [0.25, 0.3) is 0 Å². The molecule has 0 aromatic rings. The third-order valence-corrected chi connectivity index (χ3v) is 3.20. The molecule has 1 aliphatic heterocycles. The van der Waals surface area contributed by atoms with E-state index in [2.05, 4.69) is 31.0 Å². The van der Waals surface area contributed by atoms with Crippen molar-refractivity contribution in [3.8, 4) is 0 Å². The van der Waals surface area contributed by atoms with E-state index in [4.69, 9.17) is 10.9 Å². The summed E-state index contributed by atoms with van der Waals surface area (Å²) in [5, 5.41) is 11.5. The first kappa shape index (κ1) is 10.3. The maximum Gasteiger partial charge on any atom is 0.139 e. The minimum atomic E-state index is 0.346. The van der Waals surface area contributed by atoms with Crippen molar-refractivity contribution in [2.75, 3.05) is 13.6 Å². The van der Waals surface area contributed by atoms with E-state index in [1.54, 1.807) is 0 Å². The Bertz CT molecular complexity index is 205. The molecule has 3 atom stereocenters. The topological polar surface area (TPSA) is 61.8 Å². The van der Waals surface area contributed by atoms with Crippen LogP contribution in [0.5, 0.6) is 0 Å². The number of hydrogen-bond donors (Lipinski definition) is 2. The van der Waals surface area contributed by atoms with Crippen LogP contribution in [0.3, 0.4) is 0 Å². The SMILES string of the molecule is CC1CN(C)C(C)C1C/C(N)=N\O. The van der Waals surface area contributed by atoms with Gasteiger partial charge in [0, 0.05) is 19.0 Å². The highest BCUT2D eigenvalue weighted by Gasteiger charge is 2.34. The Labute approximate surface area is 79.4 Å². The van der Waals surface area contributed by atoms with E-state index >= 15 is 0 Å². The Morgan fingerprint density at radius 3 is 2.62 bits per heavy atom. The number of likely N-dealkylation sites (tertiary alicyclic amines) is 1. The summed E-state index contributed by atoms with van der Waals surface area (Å²) in [7, 11) is 2.12. The van der Waals surface area contributed by atoms with Gasteiger partial charge >= 0.3 is 0 Å². The van der Waals surface area contributed by atoms with Crippen LogP contribution >= 0.6 is 0 Å². The lowest BCUT2D eigenvalue weighted by molar-refractivity contribution is 0.288. The summed E-state index contributed by atoms with van der Waals surface area (Å²) >= 11 is 0. The van der Waals surface area contributed by atoms with Crippen molar-refractivity contribution in [3.63, 3.8) is 0 Å². The van der Waals surface area contributed by atoms with Crippen LogP contribution in [0.4, 0.5) is 0 Å². The number of rotatable bonds is 2. The largest absolute Gasteiger partial charge is 0.409 e. The molecule has 0 amide bonds. The molecule has 0 aromatic carbocycles. The van der Waals surface area contributed by atoms with Gasteiger partial charge in [-0.15, -0.1) is 0 Å². The first-order valence-electron chi connectivity index (χ1n) is 4.73. The molecule has 0 aliphatic carbocycles. The average molecular weight is 185 g/mol. The van der Waals surface area contributed by atoms with Crippen LogP contribution in [-0.4, -0.2) is 35.6 Å². The summed E-state index contributed by atoms with van der Waals surface area (Å²) in [6.45, 7) is 5.51. The Balaban J connectivity index is 2.58. The lowest BCUT2D eigenvalue weighted by Crippen LogP contribution is -2.29. The van der Waals surface area contributed by atoms with Crippen LogP contribution in [-0.2, 0) is 0 Å². The van der Waals surface area contributed by atoms with E-state index in [-0.39, 0.29) is 0 Å². The molecule has 1 rings (SSSR count). The summed E-state index contributed by atoms with van der Waals surface area (Å²) in [6, 6.07) is 0.523. The third-order valence-electron chi connectivity index (χ3n) is 3.20. The average Bonchev–Trinajstić information content (AvgIpc) is 2.32. The van der Waals surface area contributed by atoms with Gasteiger partial charge in [-0.25, -0.2) is 0 Å². The molecule has 0 aromatic heterocycles. The molecule has 1 saturated heterocycles. The maximum atomic E-state index is 8.48. The zero-order valence-corrected chi connectivity index (χ0v) is 8.57. The van der Waals surface area contributed by atoms with Crippen LogP contribution in [0.15, 0.2) is 5.16 Å². The number of amidine groups is 1. The zero-order valence-electron chi connectivity index (χ0n) is 8.57. The van der Waals surface area contributed by atoms with Crippen molar-refractivity contribution in [2.24, 2.45) is 22.7 Å². The highest BCUT2D eigenvalue weighted by Crippen LogP contribution is 2.30. The smallest absolute Gasteiger partial charge is 0.139 e. The summed E-state index contributed by atoms with van der Waals surface area (Å²) in [6.07, 6.45) is 0.698. The van der Waals surface area contributed by atoms with Gasteiger partial charge in [-0.3, -0.25) is 0 Å². The molecule has 4 heteroatoms. The molecule has 0 spiro atoms. The molecule has 4 nitrogen and oxygen atoms in total. The number of hydrogen-bond acceptors (Lipinski definition) is 3. The fourth-order valence-corrected chi connectivity index (χ4v) is 2.21. The lowest BCUT2D eigenvalue weighted by Gasteiger charge is -2.20. The fraction of sp³-hybridized carbons (Fsp3) is 0.889. The monoisotopic (exact) mass is 185 g/mol. The van der Waals surface area contributed by atoms with Gasteiger partial charge in [0.2, 0.25) is 0 Å². The second-order valence-corrected chi connectivity index (χ2v) is 4.12. The third kappa shape index (κ3) is 2.12. The molecule has 13 heavy (non-hydrogen) atoms. The van der Waals surface area contributed by atoms with Crippen molar-refractivity contribution in [1.82, 2.24) is 4.90 Å². The van der Waals surface area contributed by atoms with Gasteiger partial charge in [-0.05, 0) is 25.8 Å². The van der Waals surface area contributed by atoms with E-state index in [1.807, 2.05) is 0 Å². The molecule has 0 radical (unpaired) electrons. The molecule has 0 saturated carbocycles. The Morgan fingerprint density at radius 1 is 1.62 bits per heavy atom. The summed E-state index contributed by atoms with van der Waals surface area (Å²) in [5.74, 6) is 1.49. The second kappa shape index (κ2) is 3.96. The molecule has 1 heterocycles. The Hall–Kier alpha value is -0.770. The Kier molecular flexibility index (Phi) is 3.14. The van der Waals surface area contributed by atoms with Crippen LogP contribution in [0.2, 0.25) is 0 Å². The van der Waals surface area contributed by atoms with Crippen molar-refractivity contribution in [2.45, 2.75) is 26.3 Å². The Morgan fingerprint density at radius 2 is 2.23 bits per heavy atom. The van der Waals surface area contributed by atoms with Gasteiger partial charge in [-0.1, -0.05) is 12.1 Å².